The fourth-order valence-electron chi connectivity index (χ4n) is 2.14. The fourth-order valence-corrected chi connectivity index (χ4v) is 2.69. The van der Waals surface area contributed by atoms with Gasteiger partial charge in [-0.3, -0.25) is 4.79 Å². The van der Waals surface area contributed by atoms with Crippen LogP contribution in [0, 0.1) is 0 Å². The van der Waals surface area contributed by atoms with Crippen LogP contribution in [0.3, 0.4) is 0 Å². The predicted molar refractivity (Wildman–Crippen MR) is 67.3 cm³/mol. The molecule has 0 unspecified atom stereocenters. The van der Waals surface area contributed by atoms with Crippen LogP contribution in [0.2, 0.25) is 0 Å². The molecule has 5 nitrogen and oxygen atoms in total. The van der Waals surface area contributed by atoms with Crippen molar-refractivity contribution in [1.82, 2.24) is 4.90 Å². The summed E-state index contributed by atoms with van der Waals surface area (Å²) >= 11 is 0. The maximum Gasteiger partial charge on any atom is 0.223 e. The summed E-state index contributed by atoms with van der Waals surface area (Å²) in [6.07, 6.45) is 4.95. The highest BCUT2D eigenvalue weighted by Crippen LogP contribution is 2.21. The van der Waals surface area contributed by atoms with Crippen molar-refractivity contribution >= 4 is 15.7 Å². The van der Waals surface area contributed by atoms with Crippen LogP contribution in [0.1, 0.15) is 32.1 Å². The third-order valence-electron chi connectivity index (χ3n) is 3.37. The van der Waals surface area contributed by atoms with Gasteiger partial charge in [0, 0.05) is 31.8 Å². The molecule has 0 atom stereocenters. The molecule has 100 valence electrons. The zero-order chi connectivity index (χ0) is 13.1. The number of amides is 1. The van der Waals surface area contributed by atoms with Gasteiger partial charge in [0.05, 0.1) is 5.75 Å². The van der Waals surface area contributed by atoms with E-state index in [2.05, 4.69) is 0 Å². The molecule has 0 aromatic heterocycles. The highest BCUT2D eigenvalue weighted by Gasteiger charge is 2.25. The van der Waals surface area contributed by atoms with Crippen molar-refractivity contribution in [1.29, 1.82) is 0 Å². The second-order valence-corrected chi connectivity index (χ2v) is 7.21. The molecule has 1 rings (SSSR count). The molecule has 1 fully saturated rings. The number of nitrogens with two attached hydrogens (primary N) is 1. The standard InChI is InChI=1S/C11H22N2O3S/c1-13(10-5-3-9(12)4-6-10)11(14)7-8-17(2,15)16/h9-10H,3-8,12H2,1-2H3. The summed E-state index contributed by atoms with van der Waals surface area (Å²) in [5, 5.41) is 0. The van der Waals surface area contributed by atoms with Crippen molar-refractivity contribution in [2.45, 2.75) is 44.2 Å². The van der Waals surface area contributed by atoms with E-state index in [0.717, 1.165) is 31.9 Å². The number of rotatable bonds is 4. The normalized spacial score (nSPS) is 25.6. The summed E-state index contributed by atoms with van der Waals surface area (Å²) in [5.74, 6) is -0.154. The maximum atomic E-state index is 11.8. The van der Waals surface area contributed by atoms with E-state index in [1.165, 1.54) is 0 Å². The molecule has 1 amide bonds. The Kier molecular flexibility index (Phi) is 4.94. The van der Waals surface area contributed by atoms with Crippen LogP contribution in [0.5, 0.6) is 0 Å². The highest BCUT2D eigenvalue weighted by molar-refractivity contribution is 7.90. The quantitative estimate of drug-likeness (QED) is 0.782. The first-order chi connectivity index (χ1) is 7.79. The van der Waals surface area contributed by atoms with Gasteiger partial charge in [0.15, 0.2) is 0 Å². The van der Waals surface area contributed by atoms with Crippen molar-refractivity contribution in [3.63, 3.8) is 0 Å². The van der Waals surface area contributed by atoms with E-state index >= 15 is 0 Å². The summed E-state index contributed by atoms with van der Waals surface area (Å²) in [4.78, 5) is 13.5. The molecular formula is C11H22N2O3S. The summed E-state index contributed by atoms with van der Waals surface area (Å²) in [6.45, 7) is 0. The second kappa shape index (κ2) is 5.82. The van der Waals surface area contributed by atoms with Gasteiger partial charge in [-0.25, -0.2) is 8.42 Å². The Morgan fingerprint density at radius 2 is 1.82 bits per heavy atom. The number of carbonyl (C=O) groups excluding carboxylic acids is 1. The van der Waals surface area contributed by atoms with Crippen LogP contribution in [0.15, 0.2) is 0 Å². The lowest BCUT2D eigenvalue weighted by Gasteiger charge is -2.33. The SMILES string of the molecule is CN(C(=O)CCS(C)(=O)=O)C1CCC(N)CC1. The van der Waals surface area contributed by atoms with E-state index in [9.17, 15) is 13.2 Å². The van der Waals surface area contributed by atoms with Crippen LogP contribution < -0.4 is 5.73 Å². The van der Waals surface area contributed by atoms with Crippen molar-refractivity contribution in [2.24, 2.45) is 5.73 Å². The van der Waals surface area contributed by atoms with Gasteiger partial charge >= 0.3 is 0 Å². The van der Waals surface area contributed by atoms with E-state index in [1.807, 2.05) is 0 Å². The first-order valence-corrected chi connectivity index (χ1v) is 8.04. The van der Waals surface area contributed by atoms with Crippen molar-refractivity contribution in [3.8, 4) is 0 Å². The number of carbonyl (C=O) groups is 1. The third kappa shape index (κ3) is 5.04. The van der Waals surface area contributed by atoms with Gasteiger partial charge in [0.25, 0.3) is 0 Å². The Morgan fingerprint density at radius 1 is 1.29 bits per heavy atom. The predicted octanol–water partition coefficient (Wildman–Crippen LogP) is 0.149. The van der Waals surface area contributed by atoms with Gasteiger partial charge < -0.3 is 10.6 Å². The topological polar surface area (TPSA) is 80.5 Å². The lowest BCUT2D eigenvalue weighted by molar-refractivity contribution is -0.132. The monoisotopic (exact) mass is 262 g/mol. The van der Waals surface area contributed by atoms with E-state index in [1.54, 1.807) is 11.9 Å². The van der Waals surface area contributed by atoms with Gasteiger partial charge in [-0.2, -0.15) is 0 Å². The molecule has 0 heterocycles. The Morgan fingerprint density at radius 3 is 2.29 bits per heavy atom. The molecule has 0 spiro atoms. The summed E-state index contributed by atoms with van der Waals surface area (Å²) < 4.78 is 22.0. The average molecular weight is 262 g/mol. The van der Waals surface area contributed by atoms with Crippen LogP contribution >= 0.6 is 0 Å². The molecule has 0 saturated heterocycles. The van der Waals surface area contributed by atoms with E-state index in [-0.39, 0.29) is 30.2 Å². The number of hydrogen-bond donors (Lipinski definition) is 1. The molecule has 0 aromatic carbocycles. The van der Waals surface area contributed by atoms with Crippen molar-refractivity contribution in [3.05, 3.63) is 0 Å². The van der Waals surface area contributed by atoms with Gasteiger partial charge in [0.1, 0.15) is 9.84 Å². The van der Waals surface area contributed by atoms with Gasteiger partial charge in [-0.1, -0.05) is 0 Å². The first kappa shape index (κ1) is 14.4. The van der Waals surface area contributed by atoms with Gasteiger partial charge in [-0.15, -0.1) is 0 Å². The maximum absolute atomic E-state index is 11.8. The van der Waals surface area contributed by atoms with E-state index in [0.29, 0.717) is 0 Å². The minimum atomic E-state index is -3.06. The Labute approximate surface area is 103 Å². The number of hydrogen-bond acceptors (Lipinski definition) is 4. The molecule has 1 aliphatic rings. The van der Waals surface area contributed by atoms with Crippen LogP contribution in [-0.2, 0) is 14.6 Å². The molecular weight excluding hydrogens is 240 g/mol. The molecule has 1 aliphatic carbocycles. The van der Waals surface area contributed by atoms with Crippen LogP contribution in [0.25, 0.3) is 0 Å². The van der Waals surface area contributed by atoms with E-state index in [4.69, 9.17) is 5.73 Å². The summed E-state index contributed by atoms with van der Waals surface area (Å²) in [5.41, 5.74) is 5.81. The van der Waals surface area contributed by atoms with Crippen molar-refractivity contribution in [2.75, 3.05) is 19.1 Å². The lowest BCUT2D eigenvalue weighted by Crippen LogP contribution is -2.42. The van der Waals surface area contributed by atoms with Crippen LogP contribution in [-0.4, -0.2) is 50.4 Å². The van der Waals surface area contributed by atoms with Crippen LogP contribution in [0.4, 0.5) is 0 Å². The molecule has 0 aromatic rings. The number of nitrogens with zero attached hydrogens (tertiary/aromatic N) is 1. The Hall–Kier alpha value is -0.620. The Bertz CT molecular complexity index is 359. The third-order valence-corrected chi connectivity index (χ3v) is 4.31. The Balaban J connectivity index is 2.41. The average Bonchev–Trinajstić information content (AvgIpc) is 2.25. The minimum absolute atomic E-state index is 0.0671. The largest absolute Gasteiger partial charge is 0.343 e. The summed E-state index contributed by atoms with van der Waals surface area (Å²) in [6, 6.07) is 0.479. The molecule has 6 heteroatoms. The fraction of sp³-hybridized carbons (Fsp3) is 0.909. The zero-order valence-electron chi connectivity index (χ0n) is 10.6. The second-order valence-electron chi connectivity index (χ2n) is 4.95. The van der Waals surface area contributed by atoms with Crippen molar-refractivity contribution < 1.29 is 13.2 Å². The summed E-state index contributed by atoms with van der Waals surface area (Å²) in [7, 11) is -1.30. The van der Waals surface area contributed by atoms with E-state index < -0.39 is 9.84 Å². The smallest absolute Gasteiger partial charge is 0.223 e. The molecule has 0 aliphatic heterocycles. The van der Waals surface area contributed by atoms with Gasteiger partial charge in [0.2, 0.25) is 5.91 Å². The lowest BCUT2D eigenvalue weighted by atomic mass is 9.91. The number of sulfone groups is 1. The molecule has 2 N–H and O–H groups in total. The molecule has 0 bridgehead atoms. The molecule has 1 saturated carbocycles. The minimum Gasteiger partial charge on any atom is -0.343 e. The first-order valence-electron chi connectivity index (χ1n) is 5.98. The molecule has 17 heavy (non-hydrogen) atoms. The van der Waals surface area contributed by atoms with Gasteiger partial charge in [-0.05, 0) is 25.7 Å². The zero-order valence-corrected chi connectivity index (χ0v) is 11.4. The highest BCUT2D eigenvalue weighted by atomic mass is 32.2. The molecule has 0 radical (unpaired) electrons.